The van der Waals surface area contributed by atoms with Crippen LogP contribution in [0.1, 0.15) is 25.8 Å². The fourth-order valence-corrected chi connectivity index (χ4v) is 2.40. The van der Waals surface area contributed by atoms with Gasteiger partial charge in [-0.1, -0.05) is 44.2 Å². The number of thioether (sulfide) groups is 1. The van der Waals surface area contributed by atoms with Crippen molar-refractivity contribution in [1.82, 2.24) is 0 Å². The van der Waals surface area contributed by atoms with E-state index < -0.39 is 11.1 Å². The van der Waals surface area contributed by atoms with Crippen molar-refractivity contribution in [1.29, 1.82) is 0 Å². The molecule has 1 aromatic carbocycles. The molecule has 0 aliphatic heterocycles. The summed E-state index contributed by atoms with van der Waals surface area (Å²) in [6.45, 7) is 4.18. The Balaban J connectivity index is 3.32. The zero-order valence-corrected chi connectivity index (χ0v) is 12.4. The molecule has 0 amide bonds. The van der Waals surface area contributed by atoms with E-state index in [1.54, 1.807) is 37.3 Å². The van der Waals surface area contributed by atoms with E-state index in [9.17, 15) is 13.2 Å². The minimum atomic E-state index is -4.36. The third kappa shape index (κ3) is 5.04. The van der Waals surface area contributed by atoms with E-state index in [1.807, 2.05) is 6.92 Å². The highest BCUT2D eigenvalue weighted by Gasteiger charge is 2.36. The second-order valence-electron chi connectivity index (χ2n) is 4.07. The van der Waals surface area contributed by atoms with Crippen molar-refractivity contribution in [3.8, 4) is 0 Å². The number of alkyl halides is 3. The molecule has 0 atom stereocenters. The van der Waals surface area contributed by atoms with Crippen LogP contribution in [0.15, 0.2) is 40.2 Å². The van der Waals surface area contributed by atoms with Gasteiger partial charge in [0.25, 0.3) is 0 Å². The summed E-state index contributed by atoms with van der Waals surface area (Å²) in [6, 6.07) is 8.59. The van der Waals surface area contributed by atoms with Gasteiger partial charge in [0, 0.05) is 18.3 Å². The van der Waals surface area contributed by atoms with Crippen LogP contribution in [0.4, 0.5) is 13.2 Å². The van der Waals surface area contributed by atoms with Crippen LogP contribution in [0.25, 0.3) is 5.57 Å². The molecule has 0 aliphatic rings. The summed E-state index contributed by atoms with van der Waals surface area (Å²) in [5.74, 6) is 0.368. The van der Waals surface area contributed by atoms with Gasteiger partial charge in [-0.25, -0.2) is 0 Å². The molecular weight excluding hydrogens is 283 g/mol. The number of nitrogens with zero attached hydrogens (tertiary/aromatic N) is 1. The van der Waals surface area contributed by atoms with Crippen molar-refractivity contribution in [3.63, 3.8) is 0 Å². The van der Waals surface area contributed by atoms with Crippen molar-refractivity contribution < 1.29 is 13.2 Å². The van der Waals surface area contributed by atoms with E-state index in [0.717, 1.165) is 18.2 Å². The van der Waals surface area contributed by atoms with E-state index in [1.165, 1.54) is 6.21 Å². The van der Waals surface area contributed by atoms with E-state index >= 15 is 0 Å². The Morgan fingerprint density at radius 2 is 1.85 bits per heavy atom. The van der Waals surface area contributed by atoms with Gasteiger partial charge in [0.1, 0.15) is 0 Å². The van der Waals surface area contributed by atoms with Crippen molar-refractivity contribution in [2.75, 3.05) is 12.3 Å². The summed E-state index contributed by atoms with van der Waals surface area (Å²) in [5, 5.41) is 0. The maximum Gasteiger partial charge on any atom is 0.422 e. The predicted octanol–water partition coefficient (Wildman–Crippen LogP) is 5.19. The molecular formula is C15H18F3NS. The molecule has 1 nitrogen and oxygen atoms in total. The molecule has 0 saturated heterocycles. The number of benzene rings is 1. The van der Waals surface area contributed by atoms with Gasteiger partial charge in [-0.15, -0.1) is 11.8 Å². The first-order chi connectivity index (χ1) is 9.50. The summed E-state index contributed by atoms with van der Waals surface area (Å²) in [4.78, 5) is 3.51. The molecule has 0 aromatic heterocycles. The topological polar surface area (TPSA) is 12.4 Å². The summed E-state index contributed by atoms with van der Waals surface area (Å²) in [5.41, 5.74) is 0.694. The van der Waals surface area contributed by atoms with Crippen LogP contribution in [0.5, 0.6) is 0 Å². The van der Waals surface area contributed by atoms with Gasteiger partial charge < -0.3 is 0 Å². The molecule has 0 saturated carbocycles. The minimum absolute atomic E-state index is 0.151. The summed E-state index contributed by atoms with van der Waals surface area (Å²) in [6.07, 6.45) is -2.20. The molecule has 0 N–H and O–H groups in total. The van der Waals surface area contributed by atoms with Crippen LogP contribution in [0, 0.1) is 0 Å². The Hall–Kier alpha value is -1.23. The Morgan fingerprint density at radius 3 is 2.35 bits per heavy atom. The highest BCUT2D eigenvalue weighted by Crippen LogP contribution is 2.39. The van der Waals surface area contributed by atoms with E-state index in [2.05, 4.69) is 4.99 Å². The summed E-state index contributed by atoms with van der Waals surface area (Å²) in [7, 11) is 0. The first-order valence-corrected chi connectivity index (χ1v) is 7.48. The molecule has 0 radical (unpaired) electrons. The average molecular weight is 301 g/mol. The maximum absolute atomic E-state index is 13.2. The molecule has 110 valence electrons. The second-order valence-corrected chi connectivity index (χ2v) is 5.35. The highest BCUT2D eigenvalue weighted by molar-refractivity contribution is 8.03. The van der Waals surface area contributed by atoms with Crippen molar-refractivity contribution >= 4 is 23.5 Å². The lowest BCUT2D eigenvalue weighted by Gasteiger charge is -2.15. The smallest absolute Gasteiger partial charge is 0.293 e. The standard InChI is InChI=1S/C15H18F3NS/c1-3-10-19-11-13(12-8-6-5-7-9-12)14(20-4-2)15(16,17)18/h5-9,11H,3-4,10H2,1-2H3/b14-13+,19-11?. The molecule has 0 heterocycles. The summed E-state index contributed by atoms with van der Waals surface area (Å²) < 4.78 is 39.6. The van der Waals surface area contributed by atoms with Crippen LogP contribution in [0.2, 0.25) is 0 Å². The number of aliphatic imine (C=N–C) groups is 1. The lowest BCUT2D eigenvalue weighted by atomic mass is 10.1. The molecule has 1 rings (SSSR count). The van der Waals surface area contributed by atoms with Crippen LogP contribution < -0.4 is 0 Å². The first kappa shape index (κ1) is 16.8. The fourth-order valence-electron chi connectivity index (χ4n) is 1.62. The average Bonchev–Trinajstić information content (AvgIpc) is 2.42. The van der Waals surface area contributed by atoms with Crippen molar-refractivity contribution in [2.24, 2.45) is 4.99 Å². The van der Waals surface area contributed by atoms with Crippen LogP contribution in [0.3, 0.4) is 0 Å². The fraction of sp³-hybridized carbons (Fsp3) is 0.400. The third-order valence-electron chi connectivity index (χ3n) is 2.45. The van der Waals surface area contributed by atoms with Gasteiger partial charge in [0.2, 0.25) is 0 Å². The lowest BCUT2D eigenvalue weighted by Crippen LogP contribution is -2.12. The second kappa shape index (κ2) is 8.15. The van der Waals surface area contributed by atoms with Crippen LogP contribution in [-0.2, 0) is 0 Å². The number of hydrogen-bond acceptors (Lipinski definition) is 2. The highest BCUT2D eigenvalue weighted by atomic mass is 32.2. The molecule has 0 spiro atoms. The maximum atomic E-state index is 13.2. The monoisotopic (exact) mass is 301 g/mol. The lowest BCUT2D eigenvalue weighted by molar-refractivity contribution is -0.0829. The van der Waals surface area contributed by atoms with Gasteiger partial charge >= 0.3 is 6.18 Å². The van der Waals surface area contributed by atoms with Gasteiger partial charge in [0.15, 0.2) is 0 Å². The molecule has 0 unspecified atom stereocenters. The third-order valence-corrected chi connectivity index (χ3v) is 3.48. The SMILES string of the molecule is CCCN=C/C(=C(\SCC)C(F)(F)F)c1ccccc1. The molecule has 0 fully saturated rings. The quantitative estimate of drug-likeness (QED) is 0.658. The van der Waals surface area contributed by atoms with Crippen LogP contribution in [-0.4, -0.2) is 24.7 Å². The molecule has 0 aliphatic carbocycles. The normalized spacial score (nSPS) is 13.7. The number of rotatable bonds is 6. The largest absolute Gasteiger partial charge is 0.422 e. The van der Waals surface area contributed by atoms with Gasteiger partial charge in [-0.3, -0.25) is 4.99 Å². The Kier molecular flexibility index (Phi) is 6.85. The van der Waals surface area contributed by atoms with Gasteiger partial charge in [-0.05, 0) is 17.7 Å². The molecule has 0 bridgehead atoms. The Morgan fingerprint density at radius 1 is 1.20 bits per heavy atom. The van der Waals surface area contributed by atoms with Gasteiger partial charge in [-0.2, -0.15) is 13.2 Å². The Bertz CT molecular complexity index is 464. The molecule has 5 heteroatoms. The summed E-state index contributed by atoms with van der Waals surface area (Å²) >= 11 is 0.808. The zero-order chi connectivity index (χ0) is 15.0. The Labute approximate surface area is 122 Å². The number of halogens is 3. The number of allylic oxidation sites excluding steroid dienone is 2. The molecule has 1 aromatic rings. The van der Waals surface area contributed by atoms with E-state index in [4.69, 9.17) is 0 Å². The van der Waals surface area contributed by atoms with Crippen LogP contribution >= 0.6 is 11.8 Å². The van der Waals surface area contributed by atoms with Crippen molar-refractivity contribution in [2.45, 2.75) is 26.4 Å². The van der Waals surface area contributed by atoms with E-state index in [0.29, 0.717) is 17.9 Å². The van der Waals surface area contributed by atoms with Gasteiger partial charge in [0.05, 0.1) is 4.91 Å². The molecule has 20 heavy (non-hydrogen) atoms. The zero-order valence-electron chi connectivity index (χ0n) is 11.6. The minimum Gasteiger partial charge on any atom is -0.293 e. The predicted molar refractivity (Wildman–Crippen MR) is 81.2 cm³/mol. The van der Waals surface area contributed by atoms with E-state index in [-0.39, 0.29) is 5.57 Å². The van der Waals surface area contributed by atoms with Crippen molar-refractivity contribution in [3.05, 3.63) is 40.8 Å². The number of hydrogen-bond donors (Lipinski definition) is 0. The first-order valence-electron chi connectivity index (χ1n) is 6.50.